The molecule has 2 heterocycles. The number of likely N-dealkylation sites (tertiary alicyclic amines) is 1. The summed E-state index contributed by atoms with van der Waals surface area (Å²) in [6.45, 7) is 2.95. The van der Waals surface area contributed by atoms with Crippen molar-refractivity contribution in [2.24, 2.45) is 0 Å². The molecule has 0 aliphatic carbocycles. The average Bonchev–Trinajstić information content (AvgIpc) is 2.95. The van der Waals surface area contributed by atoms with Crippen molar-refractivity contribution in [3.8, 4) is 0 Å². The molecule has 0 aromatic carbocycles. The van der Waals surface area contributed by atoms with Gasteiger partial charge < -0.3 is 10.2 Å². The summed E-state index contributed by atoms with van der Waals surface area (Å²) in [6.07, 6.45) is 2.47. The van der Waals surface area contributed by atoms with Crippen LogP contribution >= 0.6 is 11.3 Å². The normalized spacial score (nSPS) is 16.6. The molecular formula is C13H17N3O4S. The molecule has 1 atom stereocenters. The quantitative estimate of drug-likeness (QED) is 0.662. The Kier molecular flexibility index (Phi) is 4.89. The number of carbonyl (C=O) groups excluding carboxylic acids is 2. The van der Waals surface area contributed by atoms with E-state index in [1.807, 2.05) is 6.92 Å². The molecule has 2 rings (SSSR count). The Morgan fingerprint density at radius 3 is 2.95 bits per heavy atom. The molecule has 2 amide bonds. The number of piperidine rings is 1. The van der Waals surface area contributed by atoms with Crippen LogP contribution in [-0.4, -0.2) is 40.8 Å². The van der Waals surface area contributed by atoms with Crippen LogP contribution in [0.2, 0.25) is 0 Å². The van der Waals surface area contributed by atoms with Gasteiger partial charge in [-0.05, 0) is 19.8 Å². The molecule has 1 aliphatic heterocycles. The molecule has 1 N–H and O–H groups in total. The Hall–Kier alpha value is -1.96. The van der Waals surface area contributed by atoms with Gasteiger partial charge in [0.2, 0.25) is 5.91 Å². The predicted octanol–water partition coefficient (Wildman–Crippen LogP) is 1.79. The van der Waals surface area contributed by atoms with Gasteiger partial charge >= 0.3 is 5.00 Å². The van der Waals surface area contributed by atoms with Gasteiger partial charge in [0.1, 0.15) is 0 Å². The van der Waals surface area contributed by atoms with Crippen LogP contribution in [0.25, 0.3) is 0 Å². The summed E-state index contributed by atoms with van der Waals surface area (Å²) >= 11 is 0.924. The number of hydrogen-bond acceptors (Lipinski definition) is 5. The average molecular weight is 311 g/mol. The van der Waals surface area contributed by atoms with Crippen molar-refractivity contribution in [3.05, 3.63) is 27.1 Å². The molecule has 1 unspecified atom stereocenters. The molecule has 0 bridgehead atoms. The van der Waals surface area contributed by atoms with E-state index in [1.54, 1.807) is 4.90 Å². The first-order valence-corrected chi connectivity index (χ1v) is 7.67. The lowest BCUT2D eigenvalue weighted by Crippen LogP contribution is -2.47. The van der Waals surface area contributed by atoms with Crippen LogP contribution in [0.3, 0.4) is 0 Å². The second kappa shape index (κ2) is 6.66. The lowest BCUT2D eigenvalue weighted by Gasteiger charge is -2.32. The fraction of sp³-hybridized carbons (Fsp3) is 0.538. The summed E-state index contributed by atoms with van der Waals surface area (Å²) in [5.74, 6) is -0.232. The van der Waals surface area contributed by atoms with E-state index in [1.165, 1.54) is 11.4 Å². The van der Waals surface area contributed by atoms with Crippen LogP contribution < -0.4 is 5.32 Å². The van der Waals surface area contributed by atoms with Crippen LogP contribution in [0.15, 0.2) is 11.4 Å². The van der Waals surface area contributed by atoms with Crippen molar-refractivity contribution < 1.29 is 14.5 Å². The van der Waals surface area contributed by atoms with Gasteiger partial charge in [-0.2, -0.15) is 0 Å². The van der Waals surface area contributed by atoms with Gasteiger partial charge in [0.25, 0.3) is 5.91 Å². The van der Waals surface area contributed by atoms with Crippen molar-refractivity contribution in [2.75, 3.05) is 13.1 Å². The second-order valence-corrected chi connectivity index (χ2v) is 5.92. The van der Waals surface area contributed by atoms with E-state index in [0.29, 0.717) is 13.0 Å². The lowest BCUT2D eigenvalue weighted by atomic mass is 10.1. The Morgan fingerprint density at radius 1 is 1.57 bits per heavy atom. The summed E-state index contributed by atoms with van der Waals surface area (Å²) < 4.78 is 0. The van der Waals surface area contributed by atoms with Crippen molar-refractivity contribution >= 4 is 28.2 Å². The Bertz CT molecular complexity index is 557. The minimum atomic E-state index is -0.517. The van der Waals surface area contributed by atoms with Crippen molar-refractivity contribution in [1.29, 1.82) is 0 Å². The van der Waals surface area contributed by atoms with Gasteiger partial charge in [0.05, 0.1) is 10.5 Å². The molecule has 1 saturated heterocycles. The molecule has 0 spiro atoms. The summed E-state index contributed by atoms with van der Waals surface area (Å²) in [7, 11) is 0. The van der Waals surface area contributed by atoms with Gasteiger partial charge in [-0.15, -0.1) is 0 Å². The predicted molar refractivity (Wildman–Crippen MR) is 78.3 cm³/mol. The van der Waals surface area contributed by atoms with Gasteiger partial charge in [0.15, 0.2) is 0 Å². The standard InChI is InChI=1S/C13H17N3O4S/c1-9(15-5-3-2-4-11(15)17)7-14-13(18)10-6-12(16(19)20)21-8-10/h6,8-9H,2-5,7H2,1H3,(H,14,18). The topological polar surface area (TPSA) is 92.5 Å². The van der Waals surface area contributed by atoms with Crippen LogP contribution in [0.5, 0.6) is 0 Å². The first-order chi connectivity index (χ1) is 9.99. The summed E-state index contributed by atoms with van der Waals surface area (Å²) in [6, 6.07) is 1.19. The zero-order valence-electron chi connectivity index (χ0n) is 11.7. The minimum Gasteiger partial charge on any atom is -0.350 e. The Labute approximate surface area is 126 Å². The molecule has 114 valence electrons. The lowest BCUT2D eigenvalue weighted by molar-refractivity contribution is -0.380. The fourth-order valence-corrected chi connectivity index (χ4v) is 2.99. The van der Waals surface area contributed by atoms with Gasteiger partial charge in [0, 0.05) is 37.0 Å². The highest BCUT2D eigenvalue weighted by Crippen LogP contribution is 2.22. The number of nitrogens with one attached hydrogen (secondary N) is 1. The number of carbonyl (C=O) groups is 2. The number of amides is 2. The molecule has 1 aliphatic rings. The van der Waals surface area contributed by atoms with Crippen LogP contribution in [0, 0.1) is 10.1 Å². The van der Waals surface area contributed by atoms with Crippen molar-refractivity contribution in [2.45, 2.75) is 32.2 Å². The number of nitro groups is 1. The highest BCUT2D eigenvalue weighted by Gasteiger charge is 2.23. The molecule has 8 heteroatoms. The summed E-state index contributed by atoms with van der Waals surface area (Å²) in [4.78, 5) is 35.5. The third-order valence-electron chi connectivity index (χ3n) is 3.48. The van der Waals surface area contributed by atoms with Crippen LogP contribution in [-0.2, 0) is 4.79 Å². The molecule has 21 heavy (non-hydrogen) atoms. The van der Waals surface area contributed by atoms with Crippen LogP contribution in [0.4, 0.5) is 5.00 Å². The fourth-order valence-electron chi connectivity index (χ4n) is 2.29. The Balaban J connectivity index is 1.87. The van der Waals surface area contributed by atoms with Gasteiger partial charge in [-0.1, -0.05) is 11.3 Å². The molecule has 0 saturated carbocycles. The monoisotopic (exact) mass is 311 g/mol. The second-order valence-electron chi connectivity index (χ2n) is 5.03. The van der Waals surface area contributed by atoms with Crippen molar-refractivity contribution in [1.82, 2.24) is 10.2 Å². The third-order valence-corrected chi connectivity index (χ3v) is 4.36. The maximum Gasteiger partial charge on any atom is 0.324 e. The maximum atomic E-state index is 11.9. The minimum absolute atomic E-state index is 0.0561. The first kappa shape index (κ1) is 15.4. The zero-order valence-corrected chi connectivity index (χ0v) is 12.5. The van der Waals surface area contributed by atoms with E-state index >= 15 is 0 Å². The Morgan fingerprint density at radius 2 is 2.33 bits per heavy atom. The SMILES string of the molecule is CC(CNC(=O)c1csc([N+](=O)[O-])c1)N1CCCCC1=O. The van der Waals surface area contributed by atoms with Gasteiger partial charge in [-0.25, -0.2) is 0 Å². The first-order valence-electron chi connectivity index (χ1n) is 6.79. The zero-order chi connectivity index (χ0) is 15.4. The largest absolute Gasteiger partial charge is 0.350 e. The highest BCUT2D eigenvalue weighted by atomic mass is 32.1. The number of hydrogen-bond donors (Lipinski definition) is 1. The highest BCUT2D eigenvalue weighted by molar-refractivity contribution is 7.13. The molecule has 7 nitrogen and oxygen atoms in total. The molecular weight excluding hydrogens is 294 g/mol. The van der Waals surface area contributed by atoms with Crippen molar-refractivity contribution in [3.63, 3.8) is 0 Å². The van der Waals surface area contributed by atoms with E-state index in [9.17, 15) is 19.7 Å². The molecule has 0 radical (unpaired) electrons. The summed E-state index contributed by atoms with van der Waals surface area (Å²) in [5, 5.41) is 14.7. The summed E-state index contributed by atoms with van der Waals surface area (Å²) in [5.41, 5.74) is 0.281. The van der Waals surface area contributed by atoms with E-state index in [2.05, 4.69) is 5.32 Å². The van der Waals surface area contributed by atoms with Crippen LogP contribution in [0.1, 0.15) is 36.5 Å². The molecule has 1 aromatic heterocycles. The third kappa shape index (κ3) is 3.78. The number of rotatable bonds is 5. The van der Waals surface area contributed by atoms with E-state index in [0.717, 1.165) is 30.7 Å². The molecule has 1 fully saturated rings. The number of nitrogens with zero attached hydrogens (tertiary/aromatic N) is 2. The van der Waals surface area contributed by atoms with Gasteiger partial charge in [-0.3, -0.25) is 19.7 Å². The van der Waals surface area contributed by atoms with E-state index < -0.39 is 4.92 Å². The van der Waals surface area contributed by atoms with E-state index in [-0.39, 0.29) is 28.4 Å². The molecule has 1 aromatic rings. The smallest absolute Gasteiger partial charge is 0.324 e. The maximum absolute atomic E-state index is 11.9. The number of thiophene rings is 1. The van der Waals surface area contributed by atoms with E-state index in [4.69, 9.17) is 0 Å².